The zero-order chi connectivity index (χ0) is 23.5. The number of benzene rings is 2. The third-order valence-corrected chi connectivity index (χ3v) is 6.96. The molecule has 0 aromatic heterocycles. The Morgan fingerprint density at radius 3 is 2.29 bits per heavy atom. The molecule has 1 atom stereocenters. The topological polar surface area (TPSA) is 82.4 Å². The first-order chi connectivity index (χ1) is 16.7. The lowest BCUT2D eigenvalue weighted by Gasteiger charge is -2.26. The van der Waals surface area contributed by atoms with Crippen molar-refractivity contribution in [3.05, 3.63) is 83.7 Å². The molecule has 5 rings (SSSR count). The monoisotopic (exact) mass is 453 g/mol. The summed E-state index contributed by atoms with van der Waals surface area (Å²) >= 11 is 0. The van der Waals surface area contributed by atoms with Crippen molar-refractivity contribution in [3.63, 3.8) is 0 Å². The zero-order valence-electron chi connectivity index (χ0n) is 18.9. The molecule has 0 spiro atoms. The summed E-state index contributed by atoms with van der Waals surface area (Å²) in [7, 11) is 0. The molecule has 1 fully saturated rings. The van der Waals surface area contributed by atoms with E-state index in [0.29, 0.717) is 0 Å². The van der Waals surface area contributed by atoms with E-state index in [2.05, 4.69) is 35.7 Å². The summed E-state index contributed by atoms with van der Waals surface area (Å²) in [5, 5.41) is 12.7. The molecule has 1 heterocycles. The summed E-state index contributed by atoms with van der Waals surface area (Å²) in [5.41, 5.74) is 4.83. The summed E-state index contributed by atoms with van der Waals surface area (Å²) in [4.78, 5) is 26.8. The lowest BCUT2D eigenvalue weighted by Crippen LogP contribution is -2.41. The van der Waals surface area contributed by atoms with Gasteiger partial charge < -0.3 is 10.1 Å². The number of amides is 2. The van der Waals surface area contributed by atoms with Crippen LogP contribution in [0.1, 0.15) is 49.1 Å². The highest BCUT2D eigenvalue weighted by Crippen LogP contribution is 2.44. The SMILES string of the molecule is N#CC1=CN(C(=O)OCC2c3ccccc3-c3ccccc32)C=CC1C(=O)NC1CCCCC1. The zero-order valence-corrected chi connectivity index (χ0v) is 18.9. The van der Waals surface area contributed by atoms with Crippen LogP contribution in [0.25, 0.3) is 11.1 Å². The number of nitrogens with one attached hydrogen (secondary N) is 1. The van der Waals surface area contributed by atoms with Crippen LogP contribution >= 0.6 is 0 Å². The Labute approximate surface area is 199 Å². The van der Waals surface area contributed by atoms with E-state index in [1.807, 2.05) is 24.3 Å². The van der Waals surface area contributed by atoms with E-state index in [-0.39, 0.29) is 30.0 Å². The van der Waals surface area contributed by atoms with Gasteiger partial charge in [-0.2, -0.15) is 5.26 Å². The maximum absolute atomic E-state index is 12.8. The average Bonchev–Trinajstić information content (AvgIpc) is 3.21. The van der Waals surface area contributed by atoms with Crippen molar-refractivity contribution in [3.8, 4) is 17.2 Å². The van der Waals surface area contributed by atoms with Gasteiger partial charge >= 0.3 is 6.09 Å². The first-order valence-corrected chi connectivity index (χ1v) is 11.9. The molecule has 1 saturated carbocycles. The van der Waals surface area contributed by atoms with Crippen molar-refractivity contribution in [2.24, 2.45) is 5.92 Å². The summed E-state index contributed by atoms with van der Waals surface area (Å²) < 4.78 is 5.67. The quantitative estimate of drug-likeness (QED) is 0.687. The molecule has 1 unspecified atom stereocenters. The van der Waals surface area contributed by atoms with E-state index in [4.69, 9.17) is 4.74 Å². The fourth-order valence-corrected chi connectivity index (χ4v) is 5.20. The number of fused-ring (bicyclic) bond motifs is 3. The molecule has 172 valence electrons. The van der Waals surface area contributed by atoms with E-state index >= 15 is 0 Å². The van der Waals surface area contributed by atoms with Gasteiger partial charge in [0.2, 0.25) is 5.91 Å². The van der Waals surface area contributed by atoms with Crippen LogP contribution in [0, 0.1) is 17.2 Å². The third kappa shape index (κ3) is 4.22. The van der Waals surface area contributed by atoms with Crippen LogP contribution in [-0.2, 0) is 9.53 Å². The summed E-state index contributed by atoms with van der Waals surface area (Å²) in [6, 6.07) is 18.6. The normalized spacial score (nSPS) is 19.6. The average molecular weight is 454 g/mol. The minimum absolute atomic E-state index is 0.0430. The molecule has 0 radical (unpaired) electrons. The van der Waals surface area contributed by atoms with Gasteiger partial charge in [-0.3, -0.25) is 9.69 Å². The summed E-state index contributed by atoms with van der Waals surface area (Å²) in [5.74, 6) is -0.925. The molecule has 2 aliphatic carbocycles. The van der Waals surface area contributed by atoms with E-state index in [1.165, 1.54) is 23.7 Å². The van der Waals surface area contributed by atoms with Gasteiger partial charge in [0.15, 0.2) is 0 Å². The molecule has 6 heteroatoms. The Morgan fingerprint density at radius 1 is 1.00 bits per heavy atom. The maximum Gasteiger partial charge on any atom is 0.418 e. The van der Waals surface area contributed by atoms with Crippen LogP contribution in [0.15, 0.2) is 72.6 Å². The van der Waals surface area contributed by atoms with Crippen LogP contribution in [0.5, 0.6) is 0 Å². The molecule has 6 nitrogen and oxygen atoms in total. The minimum Gasteiger partial charge on any atom is -0.448 e. The molecule has 1 N–H and O–H groups in total. The molecule has 34 heavy (non-hydrogen) atoms. The lowest BCUT2D eigenvalue weighted by atomic mass is 9.93. The molecule has 0 saturated heterocycles. The van der Waals surface area contributed by atoms with Crippen molar-refractivity contribution in [1.29, 1.82) is 5.26 Å². The number of rotatable bonds is 4. The van der Waals surface area contributed by atoms with Crippen LogP contribution < -0.4 is 5.32 Å². The first-order valence-electron chi connectivity index (χ1n) is 11.9. The van der Waals surface area contributed by atoms with Crippen molar-refractivity contribution >= 4 is 12.0 Å². The molecule has 3 aliphatic rings. The van der Waals surface area contributed by atoms with Gasteiger partial charge in [-0.05, 0) is 35.1 Å². The number of nitrogens with zero attached hydrogens (tertiary/aromatic N) is 2. The van der Waals surface area contributed by atoms with Gasteiger partial charge in [0.25, 0.3) is 0 Å². The number of carbonyl (C=O) groups excluding carboxylic acids is 2. The number of hydrogen-bond donors (Lipinski definition) is 1. The van der Waals surface area contributed by atoms with E-state index < -0.39 is 12.0 Å². The Hall–Kier alpha value is -3.85. The highest BCUT2D eigenvalue weighted by Gasteiger charge is 2.31. The number of carbonyl (C=O) groups is 2. The first kappa shape index (κ1) is 22.0. The summed E-state index contributed by atoms with van der Waals surface area (Å²) in [6.07, 6.45) is 9.32. The van der Waals surface area contributed by atoms with Gasteiger partial charge in [-0.25, -0.2) is 4.79 Å². The van der Waals surface area contributed by atoms with E-state index in [9.17, 15) is 14.9 Å². The fourth-order valence-electron chi connectivity index (χ4n) is 5.20. The van der Waals surface area contributed by atoms with Crippen molar-refractivity contribution < 1.29 is 14.3 Å². The van der Waals surface area contributed by atoms with Crippen LogP contribution in [-0.4, -0.2) is 29.5 Å². The fraction of sp³-hybridized carbons (Fsp3) is 0.321. The Bertz CT molecular complexity index is 1160. The molecule has 1 aliphatic heterocycles. The molecular weight excluding hydrogens is 426 g/mol. The van der Waals surface area contributed by atoms with Crippen molar-refractivity contribution in [2.75, 3.05) is 6.61 Å². The Balaban J connectivity index is 1.25. The second-order valence-corrected chi connectivity index (χ2v) is 9.07. The minimum atomic E-state index is -0.690. The second-order valence-electron chi connectivity index (χ2n) is 9.07. The van der Waals surface area contributed by atoms with Crippen molar-refractivity contribution in [2.45, 2.75) is 44.1 Å². The predicted molar refractivity (Wildman–Crippen MR) is 128 cm³/mol. The molecule has 0 bridgehead atoms. The van der Waals surface area contributed by atoms with Gasteiger partial charge in [-0.1, -0.05) is 73.9 Å². The number of hydrogen-bond acceptors (Lipinski definition) is 4. The van der Waals surface area contributed by atoms with E-state index in [0.717, 1.165) is 47.9 Å². The highest BCUT2D eigenvalue weighted by molar-refractivity contribution is 5.86. The third-order valence-electron chi connectivity index (χ3n) is 6.96. The standard InChI is InChI=1S/C28H27N3O3/c29-16-19-17-31(15-14-21(19)27(32)30-20-8-2-1-3-9-20)28(33)34-18-26-24-12-6-4-10-22(24)23-11-5-7-13-25(23)26/h4-7,10-15,17,20-21,26H,1-3,8-9,18H2,(H,30,32). The second kappa shape index (κ2) is 9.56. The maximum atomic E-state index is 12.8. The number of ether oxygens (including phenoxy) is 1. The highest BCUT2D eigenvalue weighted by atomic mass is 16.6. The van der Waals surface area contributed by atoms with Gasteiger partial charge in [0.1, 0.15) is 6.61 Å². The molecular formula is C28H27N3O3. The van der Waals surface area contributed by atoms with Gasteiger partial charge in [-0.15, -0.1) is 0 Å². The molecule has 2 amide bonds. The lowest BCUT2D eigenvalue weighted by molar-refractivity contribution is -0.123. The smallest absolute Gasteiger partial charge is 0.418 e. The van der Waals surface area contributed by atoms with Gasteiger partial charge in [0, 0.05) is 24.4 Å². The molecule has 2 aromatic rings. The van der Waals surface area contributed by atoms with Crippen LogP contribution in [0.4, 0.5) is 4.79 Å². The van der Waals surface area contributed by atoms with Gasteiger partial charge in [0.05, 0.1) is 17.6 Å². The van der Waals surface area contributed by atoms with Crippen LogP contribution in [0.2, 0.25) is 0 Å². The predicted octanol–water partition coefficient (Wildman–Crippen LogP) is 5.24. The van der Waals surface area contributed by atoms with Crippen molar-refractivity contribution in [1.82, 2.24) is 10.2 Å². The van der Waals surface area contributed by atoms with E-state index in [1.54, 1.807) is 6.08 Å². The summed E-state index contributed by atoms with van der Waals surface area (Å²) in [6.45, 7) is 0.193. The number of nitriles is 1. The Kier molecular flexibility index (Phi) is 6.18. The molecule has 2 aromatic carbocycles. The Morgan fingerprint density at radius 2 is 1.65 bits per heavy atom. The largest absolute Gasteiger partial charge is 0.448 e. The van der Waals surface area contributed by atoms with Crippen LogP contribution in [0.3, 0.4) is 0 Å².